The van der Waals surface area contributed by atoms with Gasteiger partial charge in [-0.3, -0.25) is 0 Å². The molecule has 2 aromatic carbocycles. The fraction of sp³-hybridized carbons (Fsp3) is 0. The predicted molar refractivity (Wildman–Crippen MR) is 68.8 cm³/mol. The second-order valence-corrected chi connectivity index (χ2v) is 4.44. The lowest BCUT2D eigenvalue weighted by Gasteiger charge is -2.05. The summed E-state index contributed by atoms with van der Waals surface area (Å²) < 4.78 is 13.0. The summed E-state index contributed by atoms with van der Waals surface area (Å²) in [7, 11) is 0. The summed E-state index contributed by atoms with van der Waals surface area (Å²) in [5, 5.41) is 8.98. The Kier molecular flexibility index (Phi) is 3.55. The smallest absolute Gasteiger partial charge is 0.337 e. The molecule has 2 rings (SSSR count). The van der Waals surface area contributed by atoms with Crippen LogP contribution in [0.25, 0.3) is 11.1 Å². The molecule has 0 spiro atoms. The van der Waals surface area contributed by atoms with Crippen LogP contribution in [0, 0.1) is 5.82 Å². The van der Waals surface area contributed by atoms with E-state index in [2.05, 4.69) is 0 Å². The Morgan fingerprint density at radius 1 is 1.00 bits per heavy atom. The van der Waals surface area contributed by atoms with E-state index >= 15 is 0 Å². The van der Waals surface area contributed by atoms with Crippen molar-refractivity contribution < 1.29 is 14.3 Å². The highest BCUT2D eigenvalue weighted by Gasteiger charge is 2.10. The molecule has 1 N–H and O–H groups in total. The van der Waals surface area contributed by atoms with Gasteiger partial charge in [0.1, 0.15) is 5.82 Å². The van der Waals surface area contributed by atoms with Crippen molar-refractivity contribution in [3.05, 3.63) is 57.8 Å². The van der Waals surface area contributed by atoms with Gasteiger partial charge in [-0.15, -0.1) is 0 Å². The number of hydrogen-bond donors (Lipinski definition) is 1. The number of benzene rings is 2. The Morgan fingerprint density at radius 2 is 1.56 bits per heavy atom. The normalized spacial score (nSPS) is 10.4. The first-order chi connectivity index (χ1) is 8.49. The Labute approximate surface area is 113 Å². The van der Waals surface area contributed by atoms with E-state index in [0.29, 0.717) is 11.1 Å². The Hall–Kier alpha value is -1.58. The molecule has 0 saturated heterocycles. The predicted octanol–water partition coefficient (Wildman–Crippen LogP) is 4.50. The number of aromatic carboxylic acids is 1. The molecule has 0 amide bonds. The van der Waals surface area contributed by atoms with Crippen molar-refractivity contribution in [2.45, 2.75) is 0 Å². The summed E-state index contributed by atoms with van der Waals surface area (Å²) in [5.74, 6) is -1.60. The molecule has 0 saturated carbocycles. The first-order valence-electron chi connectivity index (χ1n) is 4.97. The quantitative estimate of drug-likeness (QED) is 0.882. The average Bonchev–Trinajstić information content (AvgIpc) is 2.32. The van der Waals surface area contributed by atoms with E-state index in [1.165, 1.54) is 24.3 Å². The number of rotatable bonds is 2. The number of carboxylic acid groups (broad SMARTS) is 1. The van der Waals surface area contributed by atoms with Gasteiger partial charge in [0, 0.05) is 0 Å². The van der Waals surface area contributed by atoms with E-state index < -0.39 is 11.8 Å². The lowest BCUT2D eigenvalue weighted by atomic mass is 10.0. The highest BCUT2D eigenvalue weighted by molar-refractivity contribution is 6.34. The van der Waals surface area contributed by atoms with Crippen molar-refractivity contribution in [3.63, 3.8) is 0 Å². The molecule has 0 heterocycles. The van der Waals surface area contributed by atoms with Crippen LogP contribution in [0.2, 0.25) is 10.0 Å². The van der Waals surface area contributed by atoms with Crippen LogP contribution in [0.3, 0.4) is 0 Å². The molecule has 0 radical (unpaired) electrons. The average molecular weight is 285 g/mol. The van der Waals surface area contributed by atoms with Crippen molar-refractivity contribution in [2.75, 3.05) is 0 Å². The van der Waals surface area contributed by atoms with Crippen LogP contribution < -0.4 is 0 Å². The van der Waals surface area contributed by atoms with Crippen molar-refractivity contribution in [1.29, 1.82) is 0 Å². The third-order valence-electron chi connectivity index (χ3n) is 2.45. The zero-order valence-corrected chi connectivity index (χ0v) is 10.5. The molecule has 2 aromatic rings. The lowest BCUT2D eigenvalue weighted by molar-refractivity contribution is 0.0697. The molecular weight excluding hydrogens is 278 g/mol. The summed E-state index contributed by atoms with van der Waals surface area (Å²) in [6, 6.07) is 8.76. The van der Waals surface area contributed by atoms with E-state index in [1.807, 2.05) is 0 Å². The minimum absolute atomic E-state index is 0.00549. The molecule has 2 nitrogen and oxygen atoms in total. The number of hydrogen-bond acceptors (Lipinski definition) is 1. The molecule has 92 valence electrons. The van der Waals surface area contributed by atoms with Gasteiger partial charge in [0.15, 0.2) is 0 Å². The molecule has 0 unspecified atom stereocenters. The van der Waals surface area contributed by atoms with Crippen LogP contribution in [-0.2, 0) is 0 Å². The van der Waals surface area contributed by atoms with E-state index in [1.54, 1.807) is 12.1 Å². The summed E-state index contributed by atoms with van der Waals surface area (Å²) in [5.41, 5.74) is 1.36. The summed E-state index contributed by atoms with van der Waals surface area (Å²) >= 11 is 11.5. The van der Waals surface area contributed by atoms with Crippen molar-refractivity contribution in [3.8, 4) is 11.1 Å². The highest BCUT2D eigenvalue weighted by atomic mass is 35.5. The van der Waals surface area contributed by atoms with Gasteiger partial charge in [0.05, 0.1) is 15.6 Å². The highest BCUT2D eigenvalue weighted by Crippen LogP contribution is 2.28. The first kappa shape index (κ1) is 12.9. The molecule has 0 bridgehead atoms. The summed E-state index contributed by atoms with van der Waals surface area (Å²) in [6.45, 7) is 0. The summed E-state index contributed by atoms with van der Waals surface area (Å²) in [6.07, 6.45) is 0. The first-order valence-corrected chi connectivity index (χ1v) is 5.73. The molecular formula is C13H7Cl2FO2. The van der Waals surface area contributed by atoms with Gasteiger partial charge in [-0.2, -0.15) is 0 Å². The van der Waals surface area contributed by atoms with Crippen LogP contribution in [0.5, 0.6) is 0 Å². The minimum atomic E-state index is -1.09. The van der Waals surface area contributed by atoms with Crippen LogP contribution in [0.4, 0.5) is 4.39 Å². The maximum absolute atomic E-state index is 13.0. The van der Waals surface area contributed by atoms with E-state index in [0.717, 1.165) is 0 Å². The molecule has 18 heavy (non-hydrogen) atoms. The molecule has 0 aliphatic carbocycles. The largest absolute Gasteiger partial charge is 0.478 e. The molecule has 0 aromatic heterocycles. The van der Waals surface area contributed by atoms with Gasteiger partial charge in [-0.1, -0.05) is 35.3 Å². The van der Waals surface area contributed by atoms with Crippen LogP contribution >= 0.6 is 23.2 Å². The molecule has 0 atom stereocenters. The van der Waals surface area contributed by atoms with E-state index in [4.69, 9.17) is 28.3 Å². The Bertz CT molecular complexity index is 626. The Morgan fingerprint density at radius 3 is 2.06 bits per heavy atom. The molecule has 5 heteroatoms. The lowest BCUT2D eigenvalue weighted by Crippen LogP contribution is -1.97. The van der Waals surface area contributed by atoms with Gasteiger partial charge in [0.25, 0.3) is 0 Å². The SMILES string of the molecule is O=C(O)c1ccc(-c2ccc(F)c(Cl)c2)cc1Cl. The zero-order valence-electron chi connectivity index (χ0n) is 8.95. The van der Waals surface area contributed by atoms with Gasteiger partial charge in [-0.25, -0.2) is 9.18 Å². The summed E-state index contributed by atoms with van der Waals surface area (Å²) in [4.78, 5) is 10.8. The second kappa shape index (κ2) is 4.96. The van der Waals surface area contributed by atoms with Gasteiger partial charge < -0.3 is 5.11 Å². The fourth-order valence-corrected chi connectivity index (χ4v) is 1.99. The standard InChI is InChI=1S/C13H7Cl2FO2/c14-10-5-7(1-3-9(10)13(17)18)8-2-4-12(16)11(15)6-8/h1-6H,(H,17,18). The van der Waals surface area contributed by atoms with Gasteiger partial charge in [-0.05, 0) is 35.4 Å². The van der Waals surface area contributed by atoms with E-state index in [-0.39, 0.29) is 15.6 Å². The van der Waals surface area contributed by atoms with Crippen LogP contribution in [-0.4, -0.2) is 11.1 Å². The Balaban J connectivity index is 2.48. The van der Waals surface area contributed by atoms with Crippen molar-refractivity contribution in [2.24, 2.45) is 0 Å². The van der Waals surface area contributed by atoms with E-state index in [9.17, 15) is 9.18 Å². The van der Waals surface area contributed by atoms with Gasteiger partial charge in [0.2, 0.25) is 0 Å². The van der Waals surface area contributed by atoms with Crippen LogP contribution in [0.1, 0.15) is 10.4 Å². The fourth-order valence-electron chi connectivity index (χ4n) is 1.54. The second-order valence-electron chi connectivity index (χ2n) is 3.63. The third-order valence-corrected chi connectivity index (χ3v) is 3.05. The third kappa shape index (κ3) is 2.47. The molecule has 0 aliphatic heterocycles. The van der Waals surface area contributed by atoms with Crippen molar-refractivity contribution >= 4 is 29.2 Å². The van der Waals surface area contributed by atoms with Crippen LogP contribution in [0.15, 0.2) is 36.4 Å². The van der Waals surface area contributed by atoms with Crippen molar-refractivity contribution in [1.82, 2.24) is 0 Å². The maximum atomic E-state index is 13.0. The minimum Gasteiger partial charge on any atom is -0.478 e. The monoisotopic (exact) mass is 284 g/mol. The topological polar surface area (TPSA) is 37.3 Å². The number of carbonyl (C=O) groups is 1. The zero-order chi connectivity index (χ0) is 13.3. The number of carboxylic acids is 1. The maximum Gasteiger partial charge on any atom is 0.337 e. The molecule has 0 aliphatic rings. The number of halogens is 3. The molecule has 0 fully saturated rings. The van der Waals surface area contributed by atoms with Gasteiger partial charge >= 0.3 is 5.97 Å².